The van der Waals surface area contributed by atoms with E-state index in [2.05, 4.69) is 19.2 Å². The van der Waals surface area contributed by atoms with Crippen molar-refractivity contribution in [3.63, 3.8) is 0 Å². The zero-order valence-corrected chi connectivity index (χ0v) is 16.3. The van der Waals surface area contributed by atoms with Crippen LogP contribution in [0, 0.1) is 6.92 Å². The van der Waals surface area contributed by atoms with Crippen LogP contribution in [0.1, 0.15) is 42.6 Å². The molecule has 1 N–H and O–H groups in total. The fourth-order valence-electron chi connectivity index (χ4n) is 2.83. The van der Waals surface area contributed by atoms with E-state index in [1.165, 1.54) is 0 Å². The van der Waals surface area contributed by atoms with Crippen LogP contribution in [-0.2, 0) is 4.79 Å². The number of anilines is 1. The van der Waals surface area contributed by atoms with Crippen LogP contribution >= 0.6 is 0 Å². The second-order valence-electron chi connectivity index (χ2n) is 6.48. The maximum Gasteiger partial charge on any atom is 0.262 e. The van der Waals surface area contributed by atoms with Crippen molar-refractivity contribution < 1.29 is 14.3 Å². The van der Waals surface area contributed by atoms with Gasteiger partial charge in [-0.1, -0.05) is 38.1 Å². The first kappa shape index (κ1) is 20.5. The Morgan fingerprint density at radius 3 is 2.37 bits per heavy atom. The highest BCUT2D eigenvalue weighted by Gasteiger charge is 2.15. The minimum Gasteiger partial charge on any atom is -0.483 e. The van der Waals surface area contributed by atoms with Crippen molar-refractivity contribution in [3.8, 4) is 5.75 Å². The molecule has 0 spiro atoms. The molecule has 0 aliphatic heterocycles. The van der Waals surface area contributed by atoms with Crippen LogP contribution in [-0.4, -0.2) is 36.4 Å². The number of ether oxygens (including phenoxy) is 1. The number of carbonyl (C=O) groups is 2. The molecule has 0 unspecified atom stereocenters. The van der Waals surface area contributed by atoms with Crippen molar-refractivity contribution in [1.29, 1.82) is 0 Å². The number of nitrogens with one attached hydrogen (secondary N) is 1. The van der Waals surface area contributed by atoms with E-state index in [4.69, 9.17) is 4.74 Å². The number of rotatable bonds is 9. The predicted octanol–water partition coefficient (Wildman–Crippen LogP) is 4.27. The molecule has 0 fully saturated rings. The molecule has 144 valence electrons. The topological polar surface area (TPSA) is 58.6 Å². The van der Waals surface area contributed by atoms with Crippen molar-refractivity contribution in [2.75, 3.05) is 25.0 Å². The van der Waals surface area contributed by atoms with Gasteiger partial charge in [-0.05, 0) is 49.6 Å². The number of para-hydroxylation sites is 1. The van der Waals surface area contributed by atoms with Crippen LogP contribution in [0.5, 0.6) is 5.75 Å². The fourth-order valence-corrected chi connectivity index (χ4v) is 2.83. The predicted molar refractivity (Wildman–Crippen MR) is 108 cm³/mol. The highest BCUT2D eigenvalue weighted by molar-refractivity contribution is 5.97. The average molecular weight is 368 g/mol. The number of nitrogens with zero attached hydrogens (tertiary/aromatic N) is 1. The van der Waals surface area contributed by atoms with E-state index in [1.807, 2.05) is 36.1 Å². The van der Waals surface area contributed by atoms with Gasteiger partial charge in [-0.3, -0.25) is 9.59 Å². The minimum atomic E-state index is -0.262. The summed E-state index contributed by atoms with van der Waals surface area (Å²) in [5.41, 5.74) is 2.14. The Hall–Kier alpha value is -2.82. The van der Waals surface area contributed by atoms with E-state index < -0.39 is 0 Å². The van der Waals surface area contributed by atoms with Crippen LogP contribution in [0.15, 0.2) is 48.5 Å². The quantitative estimate of drug-likeness (QED) is 0.719. The zero-order chi connectivity index (χ0) is 19.6. The van der Waals surface area contributed by atoms with Gasteiger partial charge in [0, 0.05) is 24.3 Å². The molecule has 5 heteroatoms. The number of benzene rings is 2. The van der Waals surface area contributed by atoms with Gasteiger partial charge in [0.2, 0.25) is 0 Å². The number of hydrogen-bond donors (Lipinski definition) is 1. The zero-order valence-electron chi connectivity index (χ0n) is 16.3. The Morgan fingerprint density at radius 1 is 1.00 bits per heavy atom. The Kier molecular flexibility index (Phi) is 7.86. The summed E-state index contributed by atoms with van der Waals surface area (Å²) in [6.07, 6.45) is 1.83. The lowest BCUT2D eigenvalue weighted by Crippen LogP contribution is -2.32. The van der Waals surface area contributed by atoms with Crippen molar-refractivity contribution in [3.05, 3.63) is 59.7 Å². The summed E-state index contributed by atoms with van der Waals surface area (Å²) in [7, 11) is 0. The molecule has 5 nitrogen and oxygen atoms in total. The van der Waals surface area contributed by atoms with E-state index in [0.717, 1.165) is 31.5 Å². The molecule has 0 bridgehead atoms. The van der Waals surface area contributed by atoms with Gasteiger partial charge < -0.3 is 15.0 Å². The molecule has 2 aromatic rings. The summed E-state index contributed by atoms with van der Waals surface area (Å²) in [5, 5.41) is 2.80. The smallest absolute Gasteiger partial charge is 0.262 e. The van der Waals surface area contributed by atoms with Crippen molar-refractivity contribution in [2.45, 2.75) is 33.6 Å². The summed E-state index contributed by atoms with van der Waals surface area (Å²) in [4.78, 5) is 26.7. The van der Waals surface area contributed by atoms with Crippen LogP contribution in [0.3, 0.4) is 0 Å². The van der Waals surface area contributed by atoms with Gasteiger partial charge in [0.15, 0.2) is 6.61 Å². The lowest BCUT2D eigenvalue weighted by atomic mass is 10.1. The molecule has 27 heavy (non-hydrogen) atoms. The van der Waals surface area contributed by atoms with Gasteiger partial charge in [0.05, 0.1) is 0 Å². The summed E-state index contributed by atoms with van der Waals surface area (Å²) < 4.78 is 5.56. The second-order valence-corrected chi connectivity index (χ2v) is 6.48. The summed E-state index contributed by atoms with van der Waals surface area (Å²) in [5.74, 6) is 0.416. The van der Waals surface area contributed by atoms with Crippen LogP contribution in [0.4, 0.5) is 5.69 Å². The number of amides is 2. The van der Waals surface area contributed by atoms with Gasteiger partial charge >= 0.3 is 0 Å². The largest absolute Gasteiger partial charge is 0.483 e. The van der Waals surface area contributed by atoms with Crippen LogP contribution < -0.4 is 10.1 Å². The molecule has 0 heterocycles. The number of carbonyl (C=O) groups excluding carboxylic acids is 2. The van der Waals surface area contributed by atoms with Gasteiger partial charge in [-0.25, -0.2) is 0 Å². The normalized spacial score (nSPS) is 10.3. The number of aryl methyl sites for hydroxylation is 1. The van der Waals surface area contributed by atoms with E-state index in [1.54, 1.807) is 24.3 Å². The Morgan fingerprint density at radius 2 is 1.70 bits per heavy atom. The van der Waals surface area contributed by atoms with Crippen LogP contribution in [0.25, 0.3) is 0 Å². The molecule has 0 aliphatic carbocycles. The summed E-state index contributed by atoms with van der Waals surface area (Å²) in [6.45, 7) is 7.42. The minimum absolute atomic E-state index is 0.00837. The fraction of sp³-hybridized carbons (Fsp3) is 0.364. The third kappa shape index (κ3) is 6.13. The third-order valence-electron chi connectivity index (χ3n) is 4.12. The second kappa shape index (κ2) is 10.4. The van der Waals surface area contributed by atoms with Gasteiger partial charge in [0.25, 0.3) is 11.8 Å². The molecule has 2 amide bonds. The van der Waals surface area contributed by atoms with Crippen molar-refractivity contribution in [1.82, 2.24) is 4.90 Å². The van der Waals surface area contributed by atoms with E-state index >= 15 is 0 Å². The van der Waals surface area contributed by atoms with Crippen molar-refractivity contribution in [2.24, 2.45) is 0 Å². The SMILES string of the molecule is CCCN(CCC)C(=O)c1cccc(NC(=O)COc2ccccc2C)c1. The first-order valence-electron chi connectivity index (χ1n) is 9.42. The standard InChI is InChI=1S/C22H28N2O3/c1-4-13-24(14-5-2)22(26)18-10-8-11-19(15-18)23-21(25)16-27-20-12-7-6-9-17(20)3/h6-12,15H,4-5,13-14,16H2,1-3H3,(H,23,25). The first-order chi connectivity index (χ1) is 13.0. The first-order valence-corrected chi connectivity index (χ1v) is 9.42. The van der Waals surface area contributed by atoms with E-state index in [9.17, 15) is 9.59 Å². The highest BCUT2D eigenvalue weighted by atomic mass is 16.5. The molecule has 2 rings (SSSR count). The van der Waals surface area contributed by atoms with Gasteiger partial charge in [-0.2, -0.15) is 0 Å². The maximum absolute atomic E-state index is 12.7. The molecule has 2 aromatic carbocycles. The average Bonchev–Trinajstić information content (AvgIpc) is 2.67. The summed E-state index contributed by atoms with van der Waals surface area (Å²) >= 11 is 0. The molecule has 0 aliphatic rings. The Bertz CT molecular complexity index is 768. The third-order valence-corrected chi connectivity index (χ3v) is 4.12. The summed E-state index contributed by atoms with van der Waals surface area (Å²) in [6, 6.07) is 14.6. The molecule has 0 aromatic heterocycles. The maximum atomic E-state index is 12.7. The lowest BCUT2D eigenvalue weighted by molar-refractivity contribution is -0.118. The molecule has 0 atom stereocenters. The van der Waals surface area contributed by atoms with Gasteiger partial charge in [-0.15, -0.1) is 0 Å². The van der Waals surface area contributed by atoms with Crippen molar-refractivity contribution >= 4 is 17.5 Å². The monoisotopic (exact) mass is 368 g/mol. The Balaban J connectivity index is 1.99. The molecule has 0 saturated carbocycles. The lowest BCUT2D eigenvalue weighted by Gasteiger charge is -2.21. The molecule has 0 saturated heterocycles. The highest BCUT2D eigenvalue weighted by Crippen LogP contribution is 2.17. The number of hydrogen-bond acceptors (Lipinski definition) is 3. The Labute approximate surface area is 161 Å². The van der Waals surface area contributed by atoms with Crippen LogP contribution in [0.2, 0.25) is 0 Å². The van der Waals surface area contributed by atoms with E-state index in [-0.39, 0.29) is 18.4 Å². The molecular weight excluding hydrogens is 340 g/mol. The van der Waals surface area contributed by atoms with Gasteiger partial charge in [0.1, 0.15) is 5.75 Å². The molecular formula is C22H28N2O3. The molecule has 0 radical (unpaired) electrons. The van der Waals surface area contributed by atoms with E-state index in [0.29, 0.717) is 17.0 Å².